The Morgan fingerprint density at radius 3 is 2.86 bits per heavy atom. The summed E-state index contributed by atoms with van der Waals surface area (Å²) < 4.78 is 27.8. The number of ether oxygens (including phenoxy) is 1. The molecule has 2 rings (SSSR count). The normalized spacial score (nSPS) is 19.0. The average molecular weight is 333 g/mol. The molecule has 0 spiro atoms. The Balaban J connectivity index is 2.24. The van der Waals surface area contributed by atoms with Gasteiger partial charge in [-0.3, -0.25) is 4.79 Å². The molecule has 1 aliphatic heterocycles. The molecule has 2 N–H and O–H groups in total. The van der Waals surface area contributed by atoms with E-state index in [-0.39, 0.29) is 21.4 Å². The fraction of sp³-hybridized carbons (Fsp3) is 0.462. The topological polar surface area (TPSA) is 89.7 Å². The highest BCUT2D eigenvalue weighted by atomic mass is 35.5. The molecule has 1 atom stereocenters. The highest BCUT2D eigenvalue weighted by Crippen LogP contribution is 2.24. The molecule has 1 aromatic rings. The van der Waals surface area contributed by atoms with E-state index >= 15 is 0 Å². The van der Waals surface area contributed by atoms with Crippen LogP contribution in [0, 0.1) is 5.92 Å². The van der Waals surface area contributed by atoms with E-state index in [1.54, 1.807) is 12.0 Å². The predicted molar refractivity (Wildman–Crippen MR) is 78.7 cm³/mol. The Labute approximate surface area is 128 Å². The van der Waals surface area contributed by atoms with Crippen LogP contribution in [0.5, 0.6) is 0 Å². The molecule has 0 saturated carbocycles. The molecule has 0 aromatic heterocycles. The fourth-order valence-corrected chi connectivity index (χ4v) is 3.14. The van der Waals surface area contributed by atoms with Crippen LogP contribution in [-0.4, -0.2) is 46.0 Å². The number of hydrogen-bond acceptors (Lipinski definition) is 4. The molecule has 1 amide bonds. The van der Waals surface area contributed by atoms with Gasteiger partial charge in [-0.15, -0.1) is 0 Å². The Morgan fingerprint density at radius 1 is 1.52 bits per heavy atom. The summed E-state index contributed by atoms with van der Waals surface area (Å²) in [5, 5.41) is 5.29. The first kappa shape index (κ1) is 16.2. The zero-order valence-electron chi connectivity index (χ0n) is 11.6. The summed E-state index contributed by atoms with van der Waals surface area (Å²) >= 11 is 6.01. The molecule has 1 heterocycles. The van der Waals surface area contributed by atoms with Gasteiger partial charge in [0, 0.05) is 26.1 Å². The summed E-state index contributed by atoms with van der Waals surface area (Å²) in [6.45, 7) is 1.76. The number of benzene rings is 1. The minimum atomic E-state index is -3.87. The first-order valence-corrected chi connectivity index (χ1v) is 8.36. The summed E-state index contributed by atoms with van der Waals surface area (Å²) in [7, 11) is -2.25. The van der Waals surface area contributed by atoms with Crippen LogP contribution in [0.3, 0.4) is 0 Å². The van der Waals surface area contributed by atoms with Crippen molar-refractivity contribution in [1.29, 1.82) is 0 Å². The van der Waals surface area contributed by atoms with Gasteiger partial charge in [0.25, 0.3) is 5.91 Å². The molecular formula is C13H17ClN2O4S. The maximum absolute atomic E-state index is 12.5. The van der Waals surface area contributed by atoms with E-state index in [0.717, 1.165) is 6.42 Å². The number of nitrogens with zero attached hydrogens (tertiary/aromatic N) is 1. The standard InChI is InChI=1S/C13H17ClN2O4S/c1-20-8-9-4-5-16(7-9)13(17)11-6-10(21(15,18)19)2-3-12(11)14/h2-3,6,9H,4-5,7-8H2,1H3,(H2,15,18,19). The highest BCUT2D eigenvalue weighted by molar-refractivity contribution is 7.89. The van der Waals surface area contributed by atoms with Crippen LogP contribution in [-0.2, 0) is 14.8 Å². The van der Waals surface area contributed by atoms with Gasteiger partial charge in [0.05, 0.1) is 22.1 Å². The number of amides is 1. The molecule has 1 unspecified atom stereocenters. The second-order valence-electron chi connectivity index (χ2n) is 5.05. The molecule has 1 aromatic carbocycles. The number of carbonyl (C=O) groups excluding carboxylic acids is 1. The summed E-state index contributed by atoms with van der Waals surface area (Å²) in [6, 6.07) is 3.88. The van der Waals surface area contributed by atoms with Gasteiger partial charge in [-0.25, -0.2) is 13.6 Å². The Kier molecular flexibility index (Phi) is 4.88. The van der Waals surface area contributed by atoms with Crippen molar-refractivity contribution in [3.05, 3.63) is 28.8 Å². The summed E-state index contributed by atoms with van der Waals surface area (Å²) in [5.74, 6) is 0.00301. The largest absolute Gasteiger partial charge is 0.384 e. The van der Waals surface area contributed by atoms with Crippen LogP contribution in [0.25, 0.3) is 0 Å². The number of methoxy groups -OCH3 is 1. The van der Waals surface area contributed by atoms with Crippen LogP contribution >= 0.6 is 11.6 Å². The molecule has 0 aliphatic carbocycles. The fourth-order valence-electron chi connectivity index (χ4n) is 2.40. The zero-order valence-corrected chi connectivity index (χ0v) is 13.2. The van der Waals surface area contributed by atoms with Crippen LogP contribution in [0.4, 0.5) is 0 Å². The first-order valence-electron chi connectivity index (χ1n) is 6.43. The van der Waals surface area contributed by atoms with Gasteiger partial charge in [0.1, 0.15) is 0 Å². The lowest BCUT2D eigenvalue weighted by atomic mass is 10.1. The van der Waals surface area contributed by atoms with Gasteiger partial charge in [-0.1, -0.05) is 11.6 Å². The molecule has 116 valence electrons. The average Bonchev–Trinajstić information content (AvgIpc) is 2.86. The number of halogens is 1. The molecule has 1 aliphatic rings. The summed E-state index contributed by atoms with van der Waals surface area (Å²) in [5.41, 5.74) is 0.154. The minimum Gasteiger partial charge on any atom is -0.384 e. The second kappa shape index (κ2) is 6.31. The van der Waals surface area contributed by atoms with E-state index in [1.165, 1.54) is 18.2 Å². The number of rotatable bonds is 4. The summed E-state index contributed by atoms with van der Waals surface area (Å²) in [6.07, 6.45) is 0.853. The SMILES string of the molecule is COCC1CCN(C(=O)c2cc(S(N)(=O)=O)ccc2Cl)C1. The lowest BCUT2D eigenvalue weighted by Crippen LogP contribution is -2.29. The maximum atomic E-state index is 12.5. The van der Waals surface area contributed by atoms with E-state index in [1.807, 2.05) is 0 Å². The summed E-state index contributed by atoms with van der Waals surface area (Å²) in [4.78, 5) is 14.0. The molecule has 1 saturated heterocycles. The van der Waals surface area contributed by atoms with Crippen LogP contribution < -0.4 is 5.14 Å². The smallest absolute Gasteiger partial charge is 0.255 e. The third-order valence-electron chi connectivity index (χ3n) is 3.47. The van der Waals surface area contributed by atoms with Gasteiger partial charge in [-0.2, -0.15) is 0 Å². The molecule has 8 heteroatoms. The van der Waals surface area contributed by atoms with Crippen LogP contribution in [0.1, 0.15) is 16.8 Å². The molecule has 21 heavy (non-hydrogen) atoms. The monoisotopic (exact) mass is 332 g/mol. The predicted octanol–water partition coefficient (Wildman–Crippen LogP) is 1.10. The lowest BCUT2D eigenvalue weighted by Gasteiger charge is -2.17. The second-order valence-corrected chi connectivity index (χ2v) is 7.02. The van der Waals surface area contributed by atoms with Crippen molar-refractivity contribution in [2.45, 2.75) is 11.3 Å². The van der Waals surface area contributed by atoms with Crippen molar-refractivity contribution >= 4 is 27.5 Å². The highest BCUT2D eigenvalue weighted by Gasteiger charge is 2.28. The van der Waals surface area contributed by atoms with Gasteiger partial charge in [-0.05, 0) is 24.6 Å². The van der Waals surface area contributed by atoms with Crippen molar-refractivity contribution in [1.82, 2.24) is 4.90 Å². The first-order chi connectivity index (χ1) is 9.82. The Morgan fingerprint density at radius 2 is 2.24 bits per heavy atom. The number of carbonyl (C=O) groups is 1. The number of likely N-dealkylation sites (tertiary alicyclic amines) is 1. The number of hydrogen-bond donors (Lipinski definition) is 1. The number of primary sulfonamides is 1. The van der Waals surface area contributed by atoms with E-state index in [9.17, 15) is 13.2 Å². The van der Waals surface area contributed by atoms with Crippen molar-refractivity contribution in [3.63, 3.8) is 0 Å². The third-order valence-corrected chi connectivity index (χ3v) is 4.71. The van der Waals surface area contributed by atoms with Crippen LogP contribution in [0.15, 0.2) is 23.1 Å². The molecule has 0 bridgehead atoms. The van der Waals surface area contributed by atoms with Crippen molar-refractivity contribution in [2.24, 2.45) is 11.1 Å². The zero-order chi connectivity index (χ0) is 15.6. The van der Waals surface area contributed by atoms with E-state index in [2.05, 4.69) is 0 Å². The van der Waals surface area contributed by atoms with Crippen molar-refractivity contribution < 1.29 is 17.9 Å². The molecule has 0 radical (unpaired) electrons. The van der Waals surface area contributed by atoms with E-state index in [0.29, 0.717) is 25.6 Å². The number of nitrogens with two attached hydrogens (primary N) is 1. The van der Waals surface area contributed by atoms with Gasteiger partial charge in [0.2, 0.25) is 10.0 Å². The van der Waals surface area contributed by atoms with Crippen molar-refractivity contribution in [2.75, 3.05) is 26.8 Å². The maximum Gasteiger partial charge on any atom is 0.255 e. The molecule has 6 nitrogen and oxygen atoms in total. The number of sulfonamides is 1. The van der Waals surface area contributed by atoms with E-state index < -0.39 is 10.0 Å². The third kappa shape index (κ3) is 3.74. The van der Waals surface area contributed by atoms with Crippen LogP contribution in [0.2, 0.25) is 5.02 Å². The van der Waals surface area contributed by atoms with Gasteiger partial charge in [0.15, 0.2) is 0 Å². The lowest BCUT2D eigenvalue weighted by molar-refractivity contribution is 0.0775. The Bertz CT molecular complexity index is 648. The minimum absolute atomic E-state index is 0.122. The molecule has 1 fully saturated rings. The molecular weight excluding hydrogens is 316 g/mol. The van der Waals surface area contributed by atoms with Gasteiger partial charge >= 0.3 is 0 Å². The van der Waals surface area contributed by atoms with Crippen molar-refractivity contribution in [3.8, 4) is 0 Å². The quantitative estimate of drug-likeness (QED) is 0.894. The van der Waals surface area contributed by atoms with Gasteiger partial charge < -0.3 is 9.64 Å². The van der Waals surface area contributed by atoms with E-state index in [4.69, 9.17) is 21.5 Å². The Hall–Kier alpha value is -1.15.